The summed E-state index contributed by atoms with van der Waals surface area (Å²) in [6.07, 6.45) is -1.89. The Morgan fingerprint density at radius 1 is 1.50 bits per heavy atom. The third kappa shape index (κ3) is 4.10. The average Bonchev–Trinajstić information content (AvgIpc) is 2.82. The van der Waals surface area contributed by atoms with Crippen molar-refractivity contribution in [1.29, 1.82) is 0 Å². The van der Waals surface area contributed by atoms with Crippen LogP contribution in [-0.2, 0) is 24.1 Å². The number of carbonyl (C=O) groups is 1. The second-order valence-corrected chi connectivity index (χ2v) is 7.65. The molecule has 134 valence electrons. The molecule has 11 heteroatoms. The summed E-state index contributed by atoms with van der Waals surface area (Å²) >= 11 is 0. The number of aryl methyl sites for hydroxylation is 1. The molecular weight excluding hydrogens is 344 g/mol. The zero-order valence-corrected chi connectivity index (χ0v) is 13.9. The largest absolute Gasteiger partial charge is 0.468 e. The first-order chi connectivity index (χ1) is 11.1. The summed E-state index contributed by atoms with van der Waals surface area (Å²) in [7, 11) is -2.78. The maximum atomic E-state index is 11.9. The van der Waals surface area contributed by atoms with Crippen molar-refractivity contribution >= 4 is 15.8 Å². The molecule has 24 heavy (non-hydrogen) atoms. The predicted molar refractivity (Wildman–Crippen MR) is 81.3 cm³/mol. The molecular formula is C13H18N2O8S. The minimum absolute atomic E-state index is 0.0240. The van der Waals surface area contributed by atoms with Gasteiger partial charge in [-0.15, -0.1) is 0 Å². The Kier molecular flexibility index (Phi) is 5.26. The summed E-state index contributed by atoms with van der Waals surface area (Å²) in [6.45, 7) is 1.50. The minimum atomic E-state index is -3.84. The number of rotatable bonds is 5. The van der Waals surface area contributed by atoms with Crippen molar-refractivity contribution < 1.29 is 27.8 Å². The van der Waals surface area contributed by atoms with Crippen LogP contribution in [0.5, 0.6) is 0 Å². The number of methoxy groups -OCH3 is 1. The van der Waals surface area contributed by atoms with Crippen LogP contribution in [0.3, 0.4) is 0 Å². The van der Waals surface area contributed by atoms with Gasteiger partial charge in [0.25, 0.3) is 5.56 Å². The molecule has 0 spiro atoms. The number of nitrogens with zero attached hydrogens (tertiary/aromatic N) is 1. The van der Waals surface area contributed by atoms with Gasteiger partial charge < -0.3 is 14.6 Å². The predicted octanol–water partition coefficient (Wildman–Crippen LogP) is -1.92. The lowest BCUT2D eigenvalue weighted by Gasteiger charge is -2.16. The highest BCUT2D eigenvalue weighted by atomic mass is 32.2. The number of ether oxygens (including phenoxy) is 2. The van der Waals surface area contributed by atoms with Crippen LogP contribution >= 0.6 is 0 Å². The van der Waals surface area contributed by atoms with Gasteiger partial charge in [0.2, 0.25) is 0 Å². The first-order valence-electron chi connectivity index (χ1n) is 7.06. The minimum Gasteiger partial charge on any atom is -0.468 e. The van der Waals surface area contributed by atoms with Crippen molar-refractivity contribution in [3.05, 3.63) is 32.6 Å². The summed E-state index contributed by atoms with van der Waals surface area (Å²) < 4.78 is 34.6. The summed E-state index contributed by atoms with van der Waals surface area (Å²) in [5.74, 6) is -2.32. The summed E-state index contributed by atoms with van der Waals surface area (Å²) in [5, 5.41) is 10.00. The van der Waals surface area contributed by atoms with Gasteiger partial charge in [-0.3, -0.25) is 19.1 Å². The summed E-state index contributed by atoms with van der Waals surface area (Å²) in [6, 6.07) is 0. The Morgan fingerprint density at radius 2 is 2.17 bits per heavy atom. The number of hydrogen-bond donors (Lipinski definition) is 2. The van der Waals surface area contributed by atoms with Gasteiger partial charge in [-0.1, -0.05) is 0 Å². The molecule has 1 aliphatic rings. The molecule has 1 fully saturated rings. The molecule has 1 aliphatic heterocycles. The van der Waals surface area contributed by atoms with Crippen molar-refractivity contribution in [3.8, 4) is 0 Å². The van der Waals surface area contributed by atoms with Crippen molar-refractivity contribution in [1.82, 2.24) is 9.55 Å². The van der Waals surface area contributed by atoms with E-state index in [0.717, 1.165) is 11.7 Å². The Labute approximate surface area is 136 Å². The van der Waals surface area contributed by atoms with Crippen molar-refractivity contribution in [3.63, 3.8) is 0 Å². The maximum absolute atomic E-state index is 11.9. The van der Waals surface area contributed by atoms with Crippen LogP contribution in [0.4, 0.5) is 0 Å². The van der Waals surface area contributed by atoms with Crippen LogP contribution in [0.1, 0.15) is 18.2 Å². The highest BCUT2D eigenvalue weighted by Gasteiger charge is 2.38. The number of aliphatic hydroxyl groups is 1. The zero-order chi connectivity index (χ0) is 18.1. The van der Waals surface area contributed by atoms with Gasteiger partial charge in [0.1, 0.15) is 18.1 Å². The number of sulfone groups is 1. The molecule has 1 aromatic heterocycles. The number of aliphatic hydroxyl groups excluding tert-OH is 1. The number of aromatic amines is 1. The monoisotopic (exact) mass is 362 g/mol. The van der Waals surface area contributed by atoms with Crippen molar-refractivity contribution in [2.24, 2.45) is 0 Å². The second-order valence-electron chi connectivity index (χ2n) is 5.54. The lowest BCUT2D eigenvalue weighted by molar-refractivity contribution is -0.137. The van der Waals surface area contributed by atoms with E-state index in [4.69, 9.17) is 4.74 Å². The van der Waals surface area contributed by atoms with E-state index in [9.17, 15) is 27.9 Å². The quantitative estimate of drug-likeness (QED) is 0.577. The van der Waals surface area contributed by atoms with E-state index in [2.05, 4.69) is 9.72 Å². The van der Waals surface area contributed by atoms with Crippen LogP contribution in [0.15, 0.2) is 15.8 Å². The summed E-state index contributed by atoms with van der Waals surface area (Å²) in [5.41, 5.74) is -0.984. The van der Waals surface area contributed by atoms with Gasteiger partial charge in [-0.2, -0.15) is 0 Å². The molecule has 0 amide bonds. The van der Waals surface area contributed by atoms with E-state index in [1.165, 1.54) is 13.1 Å². The zero-order valence-electron chi connectivity index (χ0n) is 13.1. The number of carbonyl (C=O) groups excluding carboxylic acids is 1. The second kappa shape index (κ2) is 6.87. The lowest BCUT2D eigenvalue weighted by atomic mass is 10.2. The molecule has 1 aromatic rings. The van der Waals surface area contributed by atoms with Crippen LogP contribution in [0.2, 0.25) is 0 Å². The van der Waals surface area contributed by atoms with E-state index in [0.29, 0.717) is 0 Å². The Bertz CT molecular complexity index is 840. The van der Waals surface area contributed by atoms with Crippen LogP contribution in [-0.4, -0.2) is 59.9 Å². The normalized spacial score (nSPS) is 24.0. The van der Waals surface area contributed by atoms with Crippen LogP contribution in [0, 0.1) is 6.92 Å². The highest BCUT2D eigenvalue weighted by molar-refractivity contribution is 7.92. The molecule has 1 saturated heterocycles. The molecule has 0 radical (unpaired) electrons. The first-order valence-corrected chi connectivity index (χ1v) is 8.88. The number of aromatic nitrogens is 2. The fourth-order valence-electron chi connectivity index (χ4n) is 2.38. The molecule has 0 aromatic carbocycles. The Hall–Kier alpha value is -1.98. The lowest BCUT2D eigenvalue weighted by Crippen LogP contribution is -2.34. The fraction of sp³-hybridized carbons (Fsp3) is 0.615. The van der Waals surface area contributed by atoms with Gasteiger partial charge in [-0.05, 0) is 6.92 Å². The van der Waals surface area contributed by atoms with E-state index in [1.807, 2.05) is 0 Å². The topological polar surface area (TPSA) is 145 Å². The number of H-pyrrole nitrogens is 1. The van der Waals surface area contributed by atoms with E-state index in [-0.39, 0.29) is 12.0 Å². The highest BCUT2D eigenvalue weighted by Crippen LogP contribution is 2.28. The third-order valence-corrected chi connectivity index (χ3v) is 5.16. The van der Waals surface area contributed by atoms with Gasteiger partial charge in [0.05, 0.1) is 19.0 Å². The van der Waals surface area contributed by atoms with E-state index >= 15 is 0 Å². The number of hydrogen-bond acceptors (Lipinski definition) is 8. The number of nitrogens with one attached hydrogen (secondary N) is 1. The molecule has 0 aliphatic carbocycles. The number of esters is 1. The molecule has 0 bridgehead atoms. The molecule has 2 heterocycles. The molecule has 3 atom stereocenters. The first kappa shape index (κ1) is 18.4. The van der Waals surface area contributed by atoms with Crippen LogP contribution < -0.4 is 11.2 Å². The average molecular weight is 362 g/mol. The standard InChI is InChI=1S/C13H18N2O8S/c1-7-4-15(13(19)14-12(7)18)10-3-8(16)9(23-10)5-24(20,21)6-11(17)22-2/h4,8-10,16H,3,5-6H2,1-2H3,(H,14,18,19)/t8-,9+,10+/m0/s1. The molecule has 2 N–H and O–H groups in total. The smallest absolute Gasteiger partial charge is 0.330 e. The third-order valence-electron chi connectivity index (χ3n) is 3.64. The van der Waals surface area contributed by atoms with E-state index < -0.39 is 57.0 Å². The SMILES string of the molecule is COC(=O)CS(=O)(=O)C[C@H]1O[C@@H](n2cc(C)c(=O)[nH]c2=O)C[C@@H]1O. The molecule has 0 unspecified atom stereocenters. The maximum Gasteiger partial charge on any atom is 0.330 e. The fourth-order valence-corrected chi connectivity index (χ4v) is 3.78. The van der Waals surface area contributed by atoms with Gasteiger partial charge in [-0.25, -0.2) is 13.2 Å². The summed E-state index contributed by atoms with van der Waals surface area (Å²) in [4.78, 5) is 36.4. The van der Waals surface area contributed by atoms with Gasteiger partial charge >= 0.3 is 11.7 Å². The Morgan fingerprint density at radius 3 is 2.79 bits per heavy atom. The van der Waals surface area contributed by atoms with Gasteiger partial charge in [0, 0.05) is 18.2 Å². The van der Waals surface area contributed by atoms with E-state index in [1.54, 1.807) is 0 Å². The van der Waals surface area contributed by atoms with Crippen molar-refractivity contribution in [2.45, 2.75) is 31.8 Å². The van der Waals surface area contributed by atoms with Gasteiger partial charge in [0.15, 0.2) is 9.84 Å². The van der Waals surface area contributed by atoms with Crippen molar-refractivity contribution in [2.75, 3.05) is 18.6 Å². The van der Waals surface area contributed by atoms with Crippen LogP contribution in [0.25, 0.3) is 0 Å². The molecule has 0 saturated carbocycles. The molecule has 10 nitrogen and oxygen atoms in total. The molecule has 2 rings (SSSR count). The Balaban J connectivity index is 2.16.